The van der Waals surface area contributed by atoms with Crippen molar-refractivity contribution in [3.8, 4) is 0 Å². The molecule has 0 saturated carbocycles. The SMILES string of the molecule is C=C(C)C(=O)OC(CC)C[SiH](OCC)OCC. The molecule has 100 valence electrons. The largest absolute Gasteiger partial charge is 0.459 e. The zero-order chi connectivity index (χ0) is 13.3. The summed E-state index contributed by atoms with van der Waals surface area (Å²) in [4.78, 5) is 11.4. The first-order valence-corrected chi connectivity index (χ1v) is 7.90. The normalized spacial score (nSPS) is 12.5. The molecule has 0 N–H and O–H groups in total. The molecule has 0 aliphatic carbocycles. The maximum absolute atomic E-state index is 11.4. The zero-order valence-electron chi connectivity index (χ0n) is 11.3. The summed E-state index contributed by atoms with van der Waals surface area (Å²) < 4.78 is 16.4. The zero-order valence-corrected chi connectivity index (χ0v) is 12.5. The molecule has 0 aromatic carbocycles. The van der Waals surface area contributed by atoms with E-state index in [2.05, 4.69) is 6.58 Å². The van der Waals surface area contributed by atoms with E-state index in [9.17, 15) is 4.79 Å². The van der Waals surface area contributed by atoms with E-state index in [-0.39, 0.29) is 12.1 Å². The van der Waals surface area contributed by atoms with Crippen molar-refractivity contribution in [1.29, 1.82) is 0 Å². The third-order valence-corrected chi connectivity index (χ3v) is 4.56. The monoisotopic (exact) mass is 260 g/mol. The molecule has 0 saturated heterocycles. The van der Waals surface area contributed by atoms with Crippen molar-refractivity contribution in [2.45, 2.75) is 46.3 Å². The van der Waals surface area contributed by atoms with Gasteiger partial charge in [-0.2, -0.15) is 0 Å². The lowest BCUT2D eigenvalue weighted by Crippen LogP contribution is -2.30. The van der Waals surface area contributed by atoms with Crippen LogP contribution in [0.1, 0.15) is 34.1 Å². The average Bonchev–Trinajstić information content (AvgIpc) is 2.28. The van der Waals surface area contributed by atoms with Gasteiger partial charge in [0.15, 0.2) is 0 Å². The van der Waals surface area contributed by atoms with Gasteiger partial charge < -0.3 is 13.6 Å². The van der Waals surface area contributed by atoms with Crippen LogP contribution >= 0.6 is 0 Å². The van der Waals surface area contributed by atoms with E-state index in [1.54, 1.807) is 6.92 Å². The molecular formula is C12H24O4Si. The van der Waals surface area contributed by atoms with Gasteiger partial charge in [-0.25, -0.2) is 4.79 Å². The molecule has 4 nitrogen and oxygen atoms in total. The second-order valence-corrected chi connectivity index (χ2v) is 5.79. The van der Waals surface area contributed by atoms with Crippen LogP contribution in [0.3, 0.4) is 0 Å². The van der Waals surface area contributed by atoms with Crippen LogP contribution in [0, 0.1) is 0 Å². The van der Waals surface area contributed by atoms with Crippen LogP contribution in [-0.2, 0) is 18.4 Å². The predicted molar refractivity (Wildman–Crippen MR) is 70.2 cm³/mol. The number of hydrogen-bond donors (Lipinski definition) is 0. The fourth-order valence-electron chi connectivity index (χ4n) is 1.32. The number of hydrogen-bond acceptors (Lipinski definition) is 4. The molecule has 5 heteroatoms. The molecule has 17 heavy (non-hydrogen) atoms. The Balaban J connectivity index is 4.24. The highest BCUT2D eigenvalue weighted by atomic mass is 28.3. The Bertz CT molecular complexity index is 237. The fraction of sp³-hybridized carbons (Fsp3) is 0.750. The number of carbonyl (C=O) groups excluding carboxylic acids is 1. The quantitative estimate of drug-likeness (QED) is 0.362. The van der Waals surface area contributed by atoms with Crippen LogP contribution in [-0.4, -0.2) is 34.6 Å². The summed E-state index contributed by atoms with van der Waals surface area (Å²) in [5.41, 5.74) is 0.425. The Morgan fingerprint density at radius 3 is 2.12 bits per heavy atom. The standard InChI is InChI=1S/C12H24O4Si/c1-6-11(16-12(13)10(4)5)9-17(14-7-2)15-8-3/h11,17H,4,6-9H2,1-3,5H3. The summed E-state index contributed by atoms with van der Waals surface area (Å²) in [6.45, 7) is 12.4. The van der Waals surface area contributed by atoms with Gasteiger partial charge in [-0.05, 0) is 27.2 Å². The summed E-state index contributed by atoms with van der Waals surface area (Å²) >= 11 is 0. The smallest absolute Gasteiger partial charge is 0.333 e. The molecule has 0 aliphatic rings. The van der Waals surface area contributed by atoms with Crippen molar-refractivity contribution in [3.63, 3.8) is 0 Å². The fourth-order valence-corrected chi connectivity index (χ4v) is 3.29. The predicted octanol–water partition coefficient (Wildman–Crippen LogP) is 2.18. The first kappa shape index (κ1) is 16.3. The minimum atomic E-state index is -1.71. The van der Waals surface area contributed by atoms with Gasteiger partial charge in [0.25, 0.3) is 0 Å². The number of ether oxygens (including phenoxy) is 1. The van der Waals surface area contributed by atoms with Crippen molar-refractivity contribution in [3.05, 3.63) is 12.2 Å². The summed E-state index contributed by atoms with van der Waals surface area (Å²) in [5, 5.41) is 0. The topological polar surface area (TPSA) is 44.8 Å². The van der Waals surface area contributed by atoms with E-state index >= 15 is 0 Å². The highest BCUT2D eigenvalue weighted by molar-refractivity contribution is 6.44. The number of esters is 1. The molecule has 0 rings (SSSR count). The van der Waals surface area contributed by atoms with Gasteiger partial charge in [0, 0.05) is 24.8 Å². The van der Waals surface area contributed by atoms with Crippen LogP contribution in [0.2, 0.25) is 6.04 Å². The second kappa shape index (κ2) is 9.38. The number of rotatable bonds is 9. The molecule has 0 heterocycles. The Hall–Kier alpha value is -0.653. The molecule has 0 spiro atoms. The third kappa shape index (κ3) is 7.30. The van der Waals surface area contributed by atoms with Gasteiger partial charge in [0.2, 0.25) is 0 Å². The van der Waals surface area contributed by atoms with Crippen molar-refractivity contribution < 1.29 is 18.4 Å². The van der Waals surface area contributed by atoms with Gasteiger partial charge in [-0.1, -0.05) is 13.5 Å². The van der Waals surface area contributed by atoms with E-state index in [0.717, 1.165) is 6.42 Å². The lowest BCUT2D eigenvalue weighted by molar-refractivity contribution is -0.143. The lowest BCUT2D eigenvalue weighted by Gasteiger charge is -2.21. The Morgan fingerprint density at radius 1 is 1.24 bits per heavy atom. The lowest BCUT2D eigenvalue weighted by atomic mass is 10.3. The molecule has 0 aliphatic heterocycles. The minimum Gasteiger partial charge on any atom is -0.459 e. The molecular weight excluding hydrogens is 236 g/mol. The van der Waals surface area contributed by atoms with Gasteiger partial charge in [-0.15, -0.1) is 0 Å². The molecule has 0 aromatic heterocycles. The van der Waals surface area contributed by atoms with Crippen molar-refractivity contribution in [2.24, 2.45) is 0 Å². The third-order valence-electron chi connectivity index (χ3n) is 2.24. The van der Waals surface area contributed by atoms with E-state index in [4.69, 9.17) is 13.6 Å². The van der Waals surface area contributed by atoms with Gasteiger partial charge in [0.1, 0.15) is 6.10 Å². The van der Waals surface area contributed by atoms with Crippen LogP contribution in [0.25, 0.3) is 0 Å². The Morgan fingerprint density at radius 2 is 1.76 bits per heavy atom. The number of carbonyl (C=O) groups is 1. The summed E-state index contributed by atoms with van der Waals surface area (Å²) in [5.74, 6) is -0.336. The van der Waals surface area contributed by atoms with Gasteiger partial charge in [0.05, 0.1) is 0 Å². The van der Waals surface area contributed by atoms with Crippen molar-refractivity contribution in [1.82, 2.24) is 0 Å². The molecule has 0 radical (unpaired) electrons. The van der Waals surface area contributed by atoms with Gasteiger partial charge in [-0.3, -0.25) is 0 Å². The van der Waals surface area contributed by atoms with Crippen molar-refractivity contribution >= 4 is 15.3 Å². The maximum atomic E-state index is 11.4. The van der Waals surface area contributed by atoms with Crippen LogP contribution in [0.4, 0.5) is 0 Å². The van der Waals surface area contributed by atoms with Crippen LogP contribution < -0.4 is 0 Å². The highest BCUT2D eigenvalue weighted by Gasteiger charge is 2.21. The summed E-state index contributed by atoms with van der Waals surface area (Å²) in [6, 6.07) is 0.692. The molecule has 0 bridgehead atoms. The molecule has 0 amide bonds. The summed E-state index contributed by atoms with van der Waals surface area (Å²) in [7, 11) is -1.71. The average molecular weight is 260 g/mol. The van der Waals surface area contributed by atoms with E-state index in [0.29, 0.717) is 24.8 Å². The minimum absolute atomic E-state index is 0.131. The first-order valence-electron chi connectivity index (χ1n) is 6.14. The highest BCUT2D eigenvalue weighted by Crippen LogP contribution is 2.12. The van der Waals surface area contributed by atoms with Crippen LogP contribution in [0.5, 0.6) is 0 Å². The molecule has 1 unspecified atom stereocenters. The molecule has 0 fully saturated rings. The maximum Gasteiger partial charge on any atom is 0.333 e. The Labute approximate surface area is 106 Å². The first-order chi connectivity index (χ1) is 8.04. The Kier molecular flexibility index (Phi) is 9.02. The van der Waals surface area contributed by atoms with Gasteiger partial charge >= 0.3 is 15.3 Å². The van der Waals surface area contributed by atoms with E-state index < -0.39 is 9.28 Å². The van der Waals surface area contributed by atoms with E-state index in [1.165, 1.54) is 0 Å². The van der Waals surface area contributed by atoms with Crippen molar-refractivity contribution in [2.75, 3.05) is 13.2 Å². The van der Waals surface area contributed by atoms with E-state index in [1.807, 2.05) is 20.8 Å². The molecule has 0 aromatic rings. The van der Waals surface area contributed by atoms with Crippen LogP contribution in [0.15, 0.2) is 12.2 Å². The second-order valence-electron chi connectivity index (χ2n) is 3.79. The summed E-state index contributed by atoms with van der Waals surface area (Å²) in [6.07, 6.45) is 0.636. The molecule has 1 atom stereocenters.